The molecule has 64 valence electrons. The van der Waals surface area contributed by atoms with Crippen molar-refractivity contribution in [3.05, 3.63) is 0 Å². The highest BCUT2D eigenvalue weighted by atomic mass is 16.5. The maximum Gasteiger partial charge on any atom is 0.121 e. The van der Waals surface area contributed by atoms with Gasteiger partial charge in [0.05, 0.1) is 11.1 Å². The molecule has 0 fully saturated rings. The van der Waals surface area contributed by atoms with Gasteiger partial charge in [-0.25, -0.2) is 5.06 Å². The fourth-order valence-corrected chi connectivity index (χ4v) is 1.25. The van der Waals surface area contributed by atoms with Gasteiger partial charge in [0.25, 0.3) is 0 Å². The number of hydrogen-bond acceptors (Lipinski definition) is 3. The Bertz CT molecular complexity index is 206. The van der Waals surface area contributed by atoms with Gasteiger partial charge < -0.3 is 0 Å². The first kappa shape index (κ1) is 8.53. The number of rotatable bonds is 0. The Morgan fingerprint density at radius 2 is 1.73 bits per heavy atom. The zero-order chi connectivity index (χ0) is 8.86. The van der Waals surface area contributed by atoms with E-state index >= 15 is 0 Å². The summed E-state index contributed by atoms with van der Waals surface area (Å²) in [7, 11) is 0. The topological polar surface area (TPSA) is 35.8 Å². The Hall–Kier alpha value is -0.570. The average Bonchev–Trinajstić information content (AvgIpc) is 1.93. The van der Waals surface area contributed by atoms with Crippen LogP contribution in [0.4, 0.5) is 0 Å². The van der Waals surface area contributed by atoms with Crippen molar-refractivity contribution in [2.24, 2.45) is 4.99 Å². The van der Waals surface area contributed by atoms with Crippen LogP contribution in [0.2, 0.25) is 0 Å². The Kier molecular flexibility index (Phi) is 1.53. The molecule has 0 atom stereocenters. The molecule has 3 nitrogen and oxygen atoms in total. The van der Waals surface area contributed by atoms with Gasteiger partial charge in [-0.3, -0.25) is 10.2 Å². The predicted molar refractivity (Wildman–Crippen MR) is 44.9 cm³/mol. The first-order chi connectivity index (χ1) is 4.79. The van der Waals surface area contributed by atoms with Gasteiger partial charge in [-0.1, -0.05) is 0 Å². The van der Waals surface area contributed by atoms with Gasteiger partial charge in [-0.15, -0.1) is 0 Å². The third kappa shape index (κ3) is 0.948. The number of hydrogen-bond donors (Lipinski definition) is 1. The molecule has 1 aliphatic rings. The maximum atomic E-state index is 9.56. The summed E-state index contributed by atoms with van der Waals surface area (Å²) < 4.78 is 0. The molecule has 0 saturated carbocycles. The van der Waals surface area contributed by atoms with Crippen LogP contribution in [0.25, 0.3) is 0 Å². The zero-order valence-electron chi connectivity index (χ0n) is 7.84. The quantitative estimate of drug-likeness (QED) is 0.579. The van der Waals surface area contributed by atoms with E-state index in [9.17, 15) is 5.21 Å². The van der Waals surface area contributed by atoms with E-state index in [1.807, 2.05) is 34.6 Å². The second-order valence-corrected chi connectivity index (χ2v) is 4.09. The fourth-order valence-electron chi connectivity index (χ4n) is 1.25. The molecule has 0 aromatic carbocycles. The highest BCUT2D eigenvalue weighted by Gasteiger charge is 2.47. The SMILES string of the molecule is CC1=NC(C)(C)C(C)(C)N1O. The fraction of sp³-hybridized carbons (Fsp3) is 0.875. The van der Waals surface area contributed by atoms with E-state index in [0.29, 0.717) is 5.84 Å². The Labute approximate surface area is 67.7 Å². The van der Waals surface area contributed by atoms with Crippen molar-refractivity contribution in [3.63, 3.8) is 0 Å². The van der Waals surface area contributed by atoms with Gasteiger partial charge >= 0.3 is 0 Å². The molecule has 0 bridgehead atoms. The van der Waals surface area contributed by atoms with Gasteiger partial charge in [0.2, 0.25) is 0 Å². The van der Waals surface area contributed by atoms with Crippen molar-refractivity contribution in [2.45, 2.75) is 45.7 Å². The van der Waals surface area contributed by atoms with Gasteiger partial charge in [-0.2, -0.15) is 0 Å². The molecule has 1 rings (SSSR count). The summed E-state index contributed by atoms with van der Waals surface area (Å²) >= 11 is 0. The minimum absolute atomic E-state index is 0.203. The molecule has 0 unspecified atom stereocenters. The predicted octanol–water partition coefficient (Wildman–Crippen LogP) is 1.67. The van der Waals surface area contributed by atoms with E-state index in [-0.39, 0.29) is 11.1 Å². The van der Waals surface area contributed by atoms with Crippen LogP contribution in [0.1, 0.15) is 34.6 Å². The van der Waals surface area contributed by atoms with Gasteiger partial charge in [0.1, 0.15) is 5.84 Å². The number of aliphatic imine (C=N–C) groups is 1. The molecular weight excluding hydrogens is 140 g/mol. The lowest BCUT2D eigenvalue weighted by Gasteiger charge is -2.36. The molecule has 1 heterocycles. The minimum Gasteiger partial charge on any atom is -0.287 e. The lowest BCUT2D eigenvalue weighted by molar-refractivity contribution is -0.100. The van der Waals surface area contributed by atoms with Crippen LogP contribution in [0.15, 0.2) is 4.99 Å². The van der Waals surface area contributed by atoms with Crippen molar-refractivity contribution in [3.8, 4) is 0 Å². The molecule has 0 aromatic heterocycles. The lowest BCUT2D eigenvalue weighted by atomic mass is 9.84. The van der Waals surface area contributed by atoms with Crippen molar-refractivity contribution in [2.75, 3.05) is 0 Å². The smallest absolute Gasteiger partial charge is 0.121 e. The van der Waals surface area contributed by atoms with Crippen molar-refractivity contribution < 1.29 is 5.21 Å². The lowest BCUT2D eigenvalue weighted by Crippen LogP contribution is -2.51. The molecule has 0 aromatic rings. The monoisotopic (exact) mass is 156 g/mol. The van der Waals surface area contributed by atoms with Gasteiger partial charge in [-0.05, 0) is 34.6 Å². The van der Waals surface area contributed by atoms with Crippen LogP contribution in [0.5, 0.6) is 0 Å². The number of amidine groups is 1. The Balaban J connectivity index is 3.05. The first-order valence-electron chi connectivity index (χ1n) is 3.84. The summed E-state index contributed by atoms with van der Waals surface area (Å²) in [5.74, 6) is 0.694. The largest absolute Gasteiger partial charge is 0.287 e. The standard InChI is InChI=1S/C8H16N2O/c1-6-9-7(2,3)8(4,5)10(6)11/h11H,1-5H3. The average molecular weight is 156 g/mol. The molecule has 0 spiro atoms. The Morgan fingerprint density at radius 3 is 1.82 bits per heavy atom. The molecule has 0 radical (unpaired) electrons. The third-order valence-electron chi connectivity index (χ3n) is 2.77. The molecule has 11 heavy (non-hydrogen) atoms. The van der Waals surface area contributed by atoms with Gasteiger partial charge in [0.15, 0.2) is 0 Å². The summed E-state index contributed by atoms with van der Waals surface area (Å²) in [6, 6.07) is 0. The van der Waals surface area contributed by atoms with E-state index in [1.54, 1.807) is 0 Å². The molecule has 1 aliphatic heterocycles. The van der Waals surface area contributed by atoms with Crippen LogP contribution in [0, 0.1) is 0 Å². The third-order valence-corrected chi connectivity index (χ3v) is 2.77. The van der Waals surface area contributed by atoms with Crippen LogP contribution >= 0.6 is 0 Å². The minimum atomic E-state index is -0.295. The maximum absolute atomic E-state index is 9.56. The van der Waals surface area contributed by atoms with Crippen LogP contribution < -0.4 is 0 Å². The second-order valence-electron chi connectivity index (χ2n) is 4.09. The highest BCUT2D eigenvalue weighted by molar-refractivity contribution is 5.82. The summed E-state index contributed by atoms with van der Waals surface area (Å²) in [6.45, 7) is 9.82. The van der Waals surface area contributed by atoms with Crippen LogP contribution in [0.3, 0.4) is 0 Å². The zero-order valence-corrected chi connectivity index (χ0v) is 7.84. The number of hydroxylamine groups is 2. The van der Waals surface area contributed by atoms with Crippen LogP contribution in [-0.2, 0) is 0 Å². The molecule has 1 N–H and O–H groups in total. The van der Waals surface area contributed by atoms with E-state index < -0.39 is 0 Å². The van der Waals surface area contributed by atoms with Crippen LogP contribution in [-0.4, -0.2) is 27.2 Å². The first-order valence-corrected chi connectivity index (χ1v) is 3.84. The molecule has 3 heteroatoms. The van der Waals surface area contributed by atoms with E-state index in [4.69, 9.17) is 0 Å². The summed E-state index contributed by atoms with van der Waals surface area (Å²) in [4.78, 5) is 4.35. The van der Waals surface area contributed by atoms with Crippen molar-refractivity contribution >= 4 is 5.84 Å². The van der Waals surface area contributed by atoms with E-state index in [1.165, 1.54) is 5.06 Å². The summed E-state index contributed by atoms with van der Waals surface area (Å²) in [6.07, 6.45) is 0. The van der Waals surface area contributed by atoms with Crippen molar-refractivity contribution in [1.82, 2.24) is 5.06 Å². The van der Waals surface area contributed by atoms with E-state index in [0.717, 1.165) is 0 Å². The molecular formula is C8H16N2O. The normalized spacial score (nSPS) is 27.1. The van der Waals surface area contributed by atoms with Crippen molar-refractivity contribution in [1.29, 1.82) is 0 Å². The van der Waals surface area contributed by atoms with E-state index in [2.05, 4.69) is 4.99 Å². The second kappa shape index (κ2) is 1.97. The molecule has 0 amide bonds. The molecule has 0 aliphatic carbocycles. The molecule has 0 saturated heterocycles. The Morgan fingerprint density at radius 1 is 1.27 bits per heavy atom. The summed E-state index contributed by atoms with van der Waals surface area (Å²) in [5.41, 5.74) is -0.497. The summed E-state index contributed by atoms with van der Waals surface area (Å²) in [5, 5.41) is 10.8. The number of nitrogens with zero attached hydrogens (tertiary/aromatic N) is 2. The van der Waals surface area contributed by atoms with Gasteiger partial charge in [0, 0.05) is 0 Å². The highest BCUT2D eigenvalue weighted by Crippen LogP contribution is 2.35.